The lowest BCUT2D eigenvalue weighted by Crippen LogP contribution is -2.18. The normalized spacial score (nSPS) is 11.3. The second kappa shape index (κ2) is 8.06. The van der Waals surface area contributed by atoms with E-state index in [4.69, 9.17) is 4.74 Å². The predicted octanol–water partition coefficient (Wildman–Crippen LogP) is 5.56. The van der Waals surface area contributed by atoms with Gasteiger partial charge in [-0.15, -0.1) is 0 Å². The molecule has 0 saturated carbocycles. The first-order valence-electron chi connectivity index (χ1n) is 7.12. The molecular formula is C16H23F3O3. The van der Waals surface area contributed by atoms with Crippen LogP contribution in [-0.4, -0.2) is 12.8 Å². The Morgan fingerprint density at radius 3 is 2.09 bits per heavy atom. The standard InChI is InChI=1S/C14H17F3O3.C2H6/c1-5-19-12(18)20-11-8-9(14(15,16)17)6-7-10(11)13(2,3)4;1-2/h6-8H,5H2,1-4H3;1-2H3. The average Bonchev–Trinajstić information content (AvgIpc) is 2.39. The summed E-state index contributed by atoms with van der Waals surface area (Å²) in [5, 5.41) is 0. The van der Waals surface area contributed by atoms with Crippen molar-refractivity contribution in [2.24, 2.45) is 0 Å². The van der Waals surface area contributed by atoms with Gasteiger partial charge in [-0.05, 0) is 24.5 Å². The molecule has 22 heavy (non-hydrogen) atoms. The summed E-state index contributed by atoms with van der Waals surface area (Å²) in [7, 11) is 0. The maximum Gasteiger partial charge on any atom is 0.513 e. The van der Waals surface area contributed by atoms with Crippen LogP contribution in [0.5, 0.6) is 5.75 Å². The number of ether oxygens (including phenoxy) is 2. The number of hydrogen-bond acceptors (Lipinski definition) is 3. The molecule has 0 spiro atoms. The van der Waals surface area contributed by atoms with E-state index >= 15 is 0 Å². The third-order valence-corrected chi connectivity index (χ3v) is 2.57. The van der Waals surface area contributed by atoms with Gasteiger partial charge in [-0.2, -0.15) is 13.2 Å². The van der Waals surface area contributed by atoms with Crippen LogP contribution in [0.3, 0.4) is 0 Å². The first-order valence-corrected chi connectivity index (χ1v) is 7.12. The molecule has 0 heterocycles. The zero-order valence-corrected chi connectivity index (χ0v) is 13.8. The minimum atomic E-state index is -4.50. The summed E-state index contributed by atoms with van der Waals surface area (Å²) in [6.45, 7) is 11.1. The van der Waals surface area contributed by atoms with Gasteiger partial charge in [-0.1, -0.05) is 40.7 Å². The summed E-state index contributed by atoms with van der Waals surface area (Å²) in [4.78, 5) is 11.3. The Kier molecular flexibility index (Phi) is 7.43. The second-order valence-corrected chi connectivity index (χ2v) is 5.24. The molecule has 0 aliphatic rings. The highest BCUT2D eigenvalue weighted by molar-refractivity contribution is 5.65. The fraction of sp³-hybridized carbons (Fsp3) is 0.562. The van der Waals surface area contributed by atoms with E-state index in [1.54, 1.807) is 6.92 Å². The Hall–Kier alpha value is -1.72. The maximum absolute atomic E-state index is 12.7. The largest absolute Gasteiger partial charge is 0.513 e. The van der Waals surface area contributed by atoms with Crippen LogP contribution in [0.4, 0.5) is 18.0 Å². The van der Waals surface area contributed by atoms with Crippen LogP contribution in [-0.2, 0) is 16.3 Å². The molecule has 0 saturated heterocycles. The fourth-order valence-corrected chi connectivity index (χ4v) is 1.64. The van der Waals surface area contributed by atoms with Crippen LogP contribution in [0, 0.1) is 0 Å². The SMILES string of the molecule is CC.CCOC(=O)Oc1cc(C(F)(F)F)ccc1C(C)(C)C. The van der Waals surface area contributed by atoms with E-state index in [0.717, 1.165) is 12.1 Å². The van der Waals surface area contributed by atoms with E-state index in [2.05, 4.69) is 4.74 Å². The Bertz CT molecular complexity index is 488. The summed E-state index contributed by atoms with van der Waals surface area (Å²) in [5.74, 6) is -0.134. The van der Waals surface area contributed by atoms with Crippen LogP contribution in [0.2, 0.25) is 0 Å². The maximum atomic E-state index is 12.7. The van der Waals surface area contributed by atoms with Crippen molar-refractivity contribution in [3.63, 3.8) is 0 Å². The molecule has 0 radical (unpaired) electrons. The zero-order chi connectivity index (χ0) is 17.6. The first-order chi connectivity index (χ1) is 10.1. The highest BCUT2D eigenvalue weighted by Crippen LogP contribution is 2.37. The van der Waals surface area contributed by atoms with Gasteiger partial charge in [0.2, 0.25) is 0 Å². The minimum absolute atomic E-state index is 0.0860. The predicted molar refractivity (Wildman–Crippen MR) is 79.1 cm³/mol. The number of carbonyl (C=O) groups is 1. The molecule has 6 heteroatoms. The summed E-state index contributed by atoms with van der Waals surface area (Å²) < 4.78 is 47.6. The molecule has 0 atom stereocenters. The van der Waals surface area contributed by atoms with Crippen molar-refractivity contribution >= 4 is 6.16 Å². The van der Waals surface area contributed by atoms with Gasteiger partial charge in [0, 0.05) is 5.56 Å². The molecular weight excluding hydrogens is 297 g/mol. The van der Waals surface area contributed by atoms with Crippen molar-refractivity contribution in [3.8, 4) is 5.75 Å². The van der Waals surface area contributed by atoms with Crippen LogP contribution in [0.15, 0.2) is 18.2 Å². The quantitative estimate of drug-likeness (QED) is 0.528. The van der Waals surface area contributed by atoms with Crippen molar-refractivity contribution in [1.29, 1.82) is 0 Å². The lowest BCUT2D eigenvalue weighted by Gasteiger charge is -2.23. The number of benzene rings is 1. The lowest BCUT2D eigenvalue weighted by atomic mass is 9.86. The molecule has 0 N–H and O–H groups in total. The zero-order valence-electron chi connectivity index (χ0n) is 13.8. The minimum Gasteiger partial charge on any atom is -0.434 e. The molecule has 0 aromatic heterocycles. The molecule has 1 rings (SSSR count). The van der Waals surface area contributed by atoms with Gasteiger partial charge in [-0.25, -0.2) is 4.79 Å². The molecule has 0 fully saturated rings. The van der Waals surface area contributed by atoms with Gasteiger partial charge in [0.15, 0.2) is 0 Å². The molecule has 0 amide bonds. The van der Waals surface area contributed by atoms with Crippen LogP contribution < -0.4 is 4.74 Å². The van der Waals surface area contributed by atoms with E-state index in [1.165, 1.54) is 6.07 Å². The van der Waals surface area contributed by atoms with Crippen molar-refractivity contribution in [2.75, 3.05) is 6.61 Å². The van der Waals surface area contributed by atoms with Crippen LogP contribution in [0.1, 0.15) is 52.7 Å². The number of alkyl halides is 3. The number of halogens is 3. The molecule has 1 aromatic rings. The van der Waals surface area contributed by atoms with E-state index < -0.39 is 23.3 Å². The van der Waals surface area contributed by atoms with Crippen LogP contribution >= 0.6 is 0 Å². The van der Waals surface area contributed by atoms with Gasteiger partial charge in [-0.3, -0.25) is 0 Å². The summed E-state index contributed by atoms with van der Waals surface area (Å²) in [5.41, 5.74) is -0.838. The monoisotopic (exact) mass is 320 g/mol. The van der Waals surface area contributed by atoms with Gasteiger partial charge in [0.05, 0.1) is 12.2 Å². The van der Waals surface area contributed by atoms with Crippen molar-refractivity contribution < 1.29 is 27.4 Å². The van der Waals surface area contributed by atoms with Crippen LogP contribution in [0.25, 0.3) is 0 Å². The molecule has 0 bridgehead atoms. The average molecular weight is 320 g/mol. The topological polar surface area (TPSA) is 35.5 Å². The van der Waals surface area contributed by atoms with Gasteiger partial charge < -0.3 is 9.47 Å². The Morgan fingerprint density at radius 2 is 1.68 bits per heavy atom. The summed E-state index contributed by atoms with van der Waals surface area (Å²) >= 11 is 0. The van der Waals surface area contributed by atoms with E-state index in [-0.39, 0.29) is 12.4 Å². The molecule has 126 valence electrons. The molecule has 1 aromatic carbocycles. The van der Waals surface area contributed by atoms with Crippen molar-refractivity contribution in [3.05, 3.63) is 29.3 Å². The van der Waals surface area contributed by atoms with Crippen molar-refractivity contribution in [2.45, 2.75) is 53.1 Å². The molecule has 0 aliphatic heterocycles. The Balaban J connectivity index is 0.00000211. The van der Waals surface area contributed by atoms with Gasteiger partial charge in [0.1, 0.15) is 5.75 Å². The Labute approximate surface area is 129 Å². The van der Waals surface area contributed by atoms with Gasteiger partial charge >= 0.3 is 12.3 Å². The number of rotatable bonds is 2. The Morgan fingerprint density at radius 1 is 1.14 bits per heavy atom. The summed E-state index contributed by atoms with van der Waals surface area (Å²) in [6, 6.07) is 3.10. The van der Waals surface area contributed by atoms with E-state index in [1.807, 2.05) is 34.6 Å². The fourth-order valence-electron chi connectivity index (χ4n) is 1.64. The third-order valence-electron chi connectivity index (χ3n) is 2.57. The van der Waals surface area contributed by atoms with Gasteiger partial charge in [0.25, 0.3) is 0 Å². The summed E-state index contributed by atoms with van der Waals surface area (Å²) in [6.07, 6.45) is -5.51. The molecule has 0 aliphatic carbocycles. The second-order valence-electron chi connectivity index (χ2n) is 5.24. The highest BCUT2D eigenvalue weighted by Gasteiger charge is 2.33. The van der Waals surface area contributed by atoms with E-state index in [0.29, 0.717) is 5.56 Å². The third kappa shape index (κ3) is 5.95. The molecule has 0 unspecified atom stereocenters. The lowest BCUT2D eigenvalue weighted by molar-refractivity contribution is -0.137. The molecule has 3 nitrogen and oxygen atoms in total. The number of hydrogen-bond donors (Lipinski definition) is 0. The highest BCUT2D eigenvalue weighted by atomic mass is 19.4. The van der Waals surface area contributed by atoms with Crippen molar-refractivity contribution in [1.82, 2.24) is 0 Å². The van der Waals surface area contributed by atoms with E-state index in [9.17, 15) is 18.0 Å². The number of carbonyl (C=O) groups excluding carboxylic acids is 1. The smallest absolute Gasteiger partial charge is 0.434 e. The first kappa shape index (κ1) is 20.3.